The third-order valence-electron chi connectivity index (χ3n) is 3.63. The zero-order chi connectivity index (χ0) is 18.1. The molecular weight excluding hydrogens is 442 g/mol. The second-order valence-electron chi connectivity index (χ2n) is 5.37. The van der Waals surface area contributed by atoms with E-state index in [0.29, 0.717) is 15.4 Å². The van der Waals surface area contributed by atoms with Crippen molar-refractivity contribution in [2.24, 2.45) is 0 Å². The van der Waals surface area contributed by atoms with Crippen molar-refractivity contribution in [3.63, 3.8) is 0 Å². The van der Waals surface area contributed by atoms with Crippen LogP contribution in [-0.2, 0) is 5.75 Å². The molecule has 132 valence electrons. The largest absolute Gasteiger partial charge is 0.295 e. The lowest BCUT2D eigenvalue weighted by Crippen LogP contribution is -1.90. The molecule has 0 aliphatic rings. The molecule has 4 rings (SSSR count). The number of aromatic nitrogens is 4. The van der Waals surface area contributed by atoms with Crippen molar-refractivity contribution in [2.75, 3.05) is 0 Å². The van der Waals surface area contributed by atoms with Crippen LogP contribution in [0.2, 0.25) is 0 Å². The molecule has 1 aromatic carbocycles. The lowest BCUT2D eigenvalue weighted by Gasteiger charge is -2.04. The van der Waals surface area contributed by atoms with Crippen molar-refractivity contribution in [1.82, 2.24) is 19.6 Å². The summed E-state index contributed by atoms with van der Waals surface area (Å²) in [7, 11) is 0. The average molecular weight is 453 g/mol. The first-order valence-corrected chi connectivity index (χ1v) is 10.2. The van der Waals surface area contributed by atoms with Gasteiger partial charge in [0.15, 0.2) is 15.8 Å². The van der Waals surface area contributed by atoms with E-state index in [-0.39, 0.29) is 5.01 Å². The predicted molar refractivity (Wildman–Crippen MR) is 103 cm³/mol. The number of hydrogen-bond donors (Lipinski definition) is 0. The van der Waals surface area contributed by atoms with Gasteiger partial charge in [-0.05, 0) is 33.6 Å². The molecule has 0 atom stereocenters. The second kappa shape index (κ2) is 7.42. The van der Waals surface area contributed by atoms with Crippen molar-refractivity contribution >= 4 is 44.5 Å². The molecule has 0 N–H and O–H groups in total. The first-order valence-electron chi connectivity index (χ1n) is 7.58. The fourth-order valence-electron chi connectivity index (χ4n) is 2.42. The zero-order valence-corrected chi connectivity index (χ0v) is 16.4. The number of rotatable bonds is 5. The van der Waals surface area contributed by atoms with E-state index in [2.05, 4.69) is 43.2 Å². The van der Waals surface area contributed by atoms with Gasteiger partial charge in [0.1, 0.15) is 4.60 Å². The highest BCUT2D eigenvalue weighted by Crippen LogP contribution is 2.33. The van der Waals surface area contributed by atoms with Crippen LogP contribution < -0.4 is 0 Å². The molecule has 3 aromatic heterocycles. The Morgan fingerprint density at radius 3 is 2.65 bits per heavy atom. The van der Waals surface area contributed by atoms with Gasteiger partial charge >= 0.3 is 0 Å². The van der Waals surface area contributed by atoms with E-state index < -0.39 is 6.43 Å². The molecule has 9 heteroatoms. The maximum atomic E-state index is 12.8. The van der Waals surface area contributed by atoms with E-state index in [0.717, 1.165) is 27.5 Å². The molecule has 0 aliphatic heterocycles. The molecule has 0 aliphatic carbocycles. The number of hydrogen-bond acceptors (Lipinski definition) is 5. The molecule has 0 fully saturated rings. The van der Waals surface area contributed by atoms with Crippen molar-refractivity contribution < 1.29 is 8.78 Å². The molecule has 0 saturated carbocycles. The number of thioether (sulfide) groups is 1. The molecule has 0 bridgehead atoms. The minimum absolute atomic E-state index is 0.303. The number of benzene rings is 1. The Morgan fingerprint density at radius 1 is 1.12 bits per heavy atom. The van der Waals surface area contributed by atoms with Gasteiger partial charge in [0, 0.05) is 16.8 Å². The number of nitrogens with zero attached hydrogens (tertiary/aromatic N) is 4. The van der Waals surface area contributed by atoms with Gasteiger partial charge in [-0.15, -0.1) is 22.0 Å². The van der Waals surface area contributed by atoms with E-state index >= 15 is 0 Å². The Bertz CT molecular complexity index is 1050. The van der Waals surface area contributed by atoms with Crippen LogP contribution in [0.4, 0.5) is 8.78 Å². The predicted octanol–water partition coefficient (Wildman–Crippen LogP) is 5.85. The average Bonchev–Trinajstić information content (AvgIpc) is 3.26. The molecule has 0 unspecified atom stereocenters. The van der Waals surface area contributed by atoms with Crippen LogP contribution in [-0.4, -0.2) is 19.6 Å². The molecule has 4 aromatic rings. The summed E-state index contributed by atoms with van der Waals surface area (Å²) in [5.74, 6) is 1.34. The fourth-order valence-corrected chi connectivity index (χ4v) is 4.47. The number of imidazole rings is 1. The summed E-state index contributed by atoms with van der Waals surface area (Å²) in [4.78, 5) is 5.47. The molecule has 0 spiro atoms. The SMILES string of the molecule is FC(F)c1nnc(-c2nc(Br)c3ccc(SCc4ccccc4)cn23)s1. The van der Waals surface area contributed by atoms with Crippen LogP contribution in [0.25, 0.3) is 16.3 Å². The molecule has 0 radical (unpaired) electrons. The summed E-state index contributed by atoms with van der Waals surface area (Å²) < 4.78 is 28.1. The van der Waals surface area contributed by atoms with Crippen LogP contribution >= 0.6 is 39.0 Å². The fraction of sp³-hybridized carbons (Fsp3) is 0.118. The van der Waals surface area contributed by atoms with E-state index in [9.17, 15) is 8.78 Å². The highest BCUT2D eigenvalue weighted by Gasteiger charge is 2.19. The van der Waals surface area contributed by atoms with Gasteiger partial charge in [0.2, 0.25) is 0 Å². The summed E-state index contributed by atoms with van der Waals surface area (Å²) in [6.45, 7) is 0. The molecule has 0 amide bonds. The molecule has 0 saturated heterocycles. The number of alkyl halides is 2. The van der Waals surface area contributed by atoms with E-state index in [1.807, 2.05) is 40.9 Å². The quantitative estimate of drug-likeness (QED) is 0.356. The summed E-state index contributed by atoms with van der Waals surface area (Å²) >= 11 is 5.97. The van der Waals surface area contributed by atoms with Crippen LogP contribution in [0.3, 0.4) is 0 Å². The number of fused-ring (bicyclic) bond motifs is 1. The molecule has 3 heterocycles. The molecule has 26 heavy (non-hydrogen) atoms. The van der Waals surface area contributed by atoms with Crippen LogP contribution in [0.5, 0.6) is 0 Å². The molecule has 4 nitrogen and oxygen atoms in total. The van der Waals surface area contributed by atoms with Gasteiger partial charge in [0.25, 0.3) is 6.43 Å². The Labute approximate surface area is 164 Å². The lowest BCUT2D eigenvalue weighted by molar-refractivity contribution is 0.150. The van der Waals surface area contributed by atoms with Gasteiger partial charge in [-0.25, -0.2) is 13.8 Å². The van der Waals surface area contributed by atoms with Crippen molar-refractivity contribution in [3.05, 3.63) is 63.8 Å². The summed E-state index contributed by atoms with van der Waals surface area (Å²) in [5.41, 5.74) is 2.08. The highest BCUT2D eigenvalue weighted by atomic mass is 79.9. The normalized spacial score (nSPS) is 11.5. The topological polar surface area (TPSA) is 43.1 Å². The van der Waals surface area contributed by atoms with E-state index in [1.54, 1.807) is 11.8 Å². The maximum absolute atomic E-state index is 12.8. The highest BCUT2D eigenvalue weighted by molar-refractivity contribution is 9.10. The second-order valence-corrected chi connectivity index (χ2v) is 8.18. The van der Waals surface area contributed by atoms with Gasteiger partial charge in [-0.1, -0.05) is 41.7 Å². The minimum atomic E-state index is -2.63. The van der Waals surface area contributed by atoms with Crippen molar-refractivity contribution in [1.29, 1.82) is 0 Å². The van der Waals surface area contributed by atoms with Crippen LogP contribution in [0.15, 0.2) is 58.2 Å². The third-order valence-corrected chi connectivity index (χ3v) is 6.19. The van der Waals surface area contributed by atoms with Gasteiger partial charge in [-0.2, -0.15) is 0 Å². The smallest absolute Gasteiger partial charge is 0.291 e. The lowest BCUT2D eigenvalue weighted by atomic mass is 10.2. The van der Waals surface area contributed by atoms with E-state index in [4.69, 9.17) is 0 Å². The Morgan fingerprint density at radius 2 is 1.92 bits per heavy atom. The summed E-state index contributed by atoms with van der Waals surface area (Å²) in [6, 6.07) is 14.1. The minimum Gasteiger partial charge on any atom is -0.295 e. The van der Waals surface area contributed by atoms with Gasteiger partial charge in [0.05, 0.1) is 5.52 Å². The zero-order valence-electron chi connectivity index (χ0n) is 13.1. The standard InChI is InChI=1S/C17H11BrF2N4S2/c18-13-12-7-6-11(25-9-10-4-2-1-3-5-10)8-24(12)15(21-13)17-23-22-16(26-17)14(19)20/h1-8,14H,9H2. The first kappa shape index (κ1) is 17.6. The summed E-state index contributed by atoms with van der Waals surface area (Å²) in [5, 5.41) is 7.49. The van der Waals surface area contributed by atoms with Crippen molar-refractivity contribution in [3.8, 4) is 10.8 Å². The van der Waals surface area contributed by atoms with Crippen LogP contribution in [0.1, 0.15) is 17.0 Å². The summed E-state index contributed by atoms with van der Waals surface area (Å²) in [6.07, 6.45) is -0.688. The Hall–Kier alpha value is -1.84. The number of pyridine rings is 1. The van der Waals surface area contributed by atoms with E-state index in [1.165, 1.54) is 5.56 Å². The Kier molecular flexibility index (Phi) is 5.01. The maximum Gasteiger partial charge on any atom is 0.291 e. The monoisotopic (exact) mass is 452 g/mol. The van der Waals surface area contributed by atoms with Gasteiger partial charge in [-0.3, -0.25) is 4.40 Å². The Balaban J connectivity index is 1.67. The third kappa shape index (κ3) is 3.51. The van der Waals surface area contributed by atoms with Crippen molar-refractivity contribution in [2.45, 2.75) is 17.1 Å². The van der Waals surface area contributed by atoms with Gasteiger partial charge < -0.3 is 0 Å². The van der Waals surface area contributed by atoms with Crippen LogP contribution in [0, 0.1) is 0 Å². The number of halogens is 3. The first-order chi connectivity index (χ1) is 12.6. The molecular formula is C17H11BrF2N4S2.